The van der Waals surface area contributed by atoms with Crippen LogP contribution in [0.3, 0.4) is 0 Å². The van der Waals surface area contributed by atoms with Crippen LogP contribution in [0.15, 0.2) is 36.5 Å². The zero-order valence-electron chi connectivity index (χ0n) is 16.1. The number of hydrogen-bond acceptors (Lipinski definition) is 7. The lowest BCUT2D eigenvalue weighted by molar-refractivity contribution is 0.211. The van der Waals surface area contributed by atoms with Gasteiger partial charge < -0.3 is 31.0 Å². The molecule has 0 spiro atoms. The first kappa shape index (κ1) is 19.2. The largest absolute Gasteiger partial charge is 0.410 e. The Bertz CT molecular complexity index is 963. The third-order valence-electron chi connectivity index (χ3n) is 4.89. The lowest BCUT2D eigenvalue weighted by Crippen LogP contribution is -2.32. The van der Waals surface area contributed by atoms with E-state index in [-0.39, 0.29) is 0 Å². The number of anilines is 1. The molecule has 1 aliphatic heterocycles. The Kier molecular flexibility index (Phi) is 5.87. The van der Waals surface area contributed by atoms with Crippen LogP contribution in [0.5, 0.6) is 5.75 Å². The second-order valence-corrected chi connectivity index (χ2v) is 6.96. The van der Waals surface area contributed by atoms with Crippen molar-refractivity contribution in [2.24, 2.45) is 5.73 Å². The quantitative estimate of drug-likeness (QED) is 0.502. The number of carbonyl (C=O) groups is 1. The van der Waals surface area contributed by atoms with E-state index < -0.39 is 6.09 Å². The molecule has 0 aliphatic carbocycles. The Hall–Kier alpha value is -3.17. The Balaban J connectivity index is 1.40. The molecule has 3 heterocycles. The van der Waals surface area contributed by atoms with Crippen molar-refractivity contribution in [2.45, 2.75) is 6.42 Å². The molecular weight excluding hydrogens is 370 g/mol. The van der Waals surface area contributed by atoms with Crippen molar-refractivity contribution in [3.8, 4) is 17.1 Å². The predicted octanol–water partition coefficient (Wildman–Crippen LogP) is 1.79. The summed E-state index contributed by atoms with van der Waals surface area (Å²) in [6, 6.07) is 9.18. The van der Waals surface area contributed by atoms with Gasteiger partial charge in [-0.25, -0.2) is 14.8 Å². The number of fused-ring (bicyclic) bond motifs is 1. The van der Waals surface area contributed by atoms with Crippen LogP contribution in [0.25, 0.3) is 22.4 Å². The van der Waals surface area contributed by atoms with Crippen molar-refractivity contribution in [2.75, 3.05) is 44.6 Å². The van der Waals surface area contributed by atoms with Gasteiger partial charge in [-0.1, -0.05) is 6.07 Å². The molecule has 0 bridgehead atoms. The number of primary amides is 1. The van der Waals surface area contributed by atoms with Gasteiger partial charge in [-0.15, -0.1) is 0 Å². The summed E-state index contributed by atoms with van der Waals surface area (Å²) in [5, 5.41) is 6.79. The van der Waals surface area contributed by atoms with E-state index in [0.29, 0.717) is 17.1 Å². The molecule has 1 saturated heterocycles. The molecule has 152 valence electrons. The fourth-order valence-corrected chi connectivity index (χ4v) is 3.44. The highest BCUT2D eigenvalue weighted by atomic mass is 16.5. The SMILES string of the molecule is NC(=O)Oc1cccc2[nH]c(-c3ccc(NCCN4CCCNCC4)nc3)nc12. The summed E-state index contributed by atoms with van der Waals surface area (Å²) in [6.45, 7) is 6.22. The summed E-state index contributed by atoms with van der Waals surface area (Å²) in [5.41, 5.74) is 7.27. The fraction of sp³-hybridized carbons (Fsp3) is 0.350. The molecule has 1 aliphatic rings. The maximum absolute atomic E-state index is 11.1. The molecule has 1 aromatic carbocycles. The number of carbonyl (C=O) groups excluding carboxylic acids is 1. The van der Waals surface area contributed by atoms with Gasteiger partial charge in [0.25, 0.3) is 0 Å². The zero-order chi connectivity index (χ0) is 20.1. The van der Waals surface area contributed by atoms with E-state index in [1.807, 2.05) is 18.2 Å². The van der Waals surface area contributed by atoms with Crippen LogP contribution in [0, 0.1) is 0 Å². The highest BCUT2D eigenvalue weighted by Gasteiger charge is 2.12. The first-order chi connectivity index (χ1) is 14.2. The molecule has 0 atom stereocenters. The number of imidazole rings is 1. The van der Waals surface area contributed by atoms with Crippen molar-refractivity contribution < 1.29 is 9.53 Å². The van der Waals surface area contributed by atoms with Crippen molar-refractivity contribution in [3.63, 3.8) is 0 Å². The van der Waals surface area contributed by atoms with Gasteiger partial charge in [0.2, 0.25) is 0 Å². The van der Waals surface area contributed by atoms with Crippen molar-refractivity contribution in [3.05, 3.63) is 36.5 Å². The van der Waals surface area contributed by atoms with E-state index in [1.54, 1.807) is 18.3 Å². The number of amides is 1. The number of rotatable bonds is 6. The van der Waals surface area contributed by atoms with E-state index in [9.17, 15) is 4.79 Å². The predicted molar refractivity (Wildman–Crippen MR) is 112 cm³/mol. The Morgan fingerprint density at radius 1 is 1.24 bits per heavy atom. The zero-order valence-corrected chi connectivity index (χ0v) is 16.1. The number of benzene rings is 1. The summed E-state index contributed by atoms with van der Waals surface area (Å²) in [6.07, 6.45) is 2.09. The van der Waals surface area contributed by atoms with E-state index in [2.05, 4.69) is 30.5 Å². The maximum Gasteiger partial charge on any atom is 0.410 e. The number of hydrogen-bond donors (Lipinski definition) is 4. The van der Waals surface area contributed by atoms with Crippen LogP contribution < -0.4 is 21.1 Å². The van der Waals surface area contributed by atoms with E-state index >= 15 is 0 Å². The number of ether oxygens (including phenoxy) is 1. The van der Waals surface area contributed by atoms with Gasteiger partial charge in [0, 0.05) is 37.9 Å². The fourth-order valence-electron chi connectivity index (χ4n) is 3.44. The van der Waals surface area contributed by atoms with Gasteiger partial charge in [0.05, 0.1) is 5.52 Å². The molecule has 2 aromatic heterocycles. The third kappa shape index (κ3) is 4.82. The summed E-state index contributed by atoms with van der Waals surface area (Å²) in [5.74, 6) is 1.81. The summed E-state index contributed by atoms with van der Waals surface area (Å²) in [7, 11) is 0. The van der Waals surface area contributed by atoms with Crippen molar-refractivity contribution >= 4 is 22.9 Å². The molecule has 29 heavy (non-hydrogen) atoms. The molecule has 3 aromatic rings. The summed E-state index contributed by atoms with van der Waals surface area (Å²) < 4.78 is 5.02. The molecule has 0 unspecified atom stereocenters. The van der Waals surface area contributed by atoms with Crippen LogP contribution >= 0.6 is 0 Å². The monoisotopic (exact) mass is 395 g/mol. The molecule has 9 heteroatoms. The molecule has 0 radical (unpaired) electrons. The minimum absolute atomic E-state index is 0.326. The summed E-state index contributed by atoms with van der Waals surface area (Å²) >= 11 is 0. The van der Waals surface area contributed by atoms with E-state index in [4.69, 9.17) is 10.5 Å². The summed E-state index contributed by atoms with van der Waals surface area (Å²) in [4.78, 5) is 25.8. The number of aromatic nitrogens is 3. The van der Waals surface area contributed by atoms with Gasteiger partial charge >= 0.3 is 6.09 Å². The average molecular weight is 395 g/mol. The lowest BCUT2D eigenvalue weighted by Gasteiger charge is -2.19. The molecule has 1 fully saturated rings. The smallest absolute Gasteiger partial charge is 0.408 e. The van der Waals surface area contributed by atoms with Crippen LogP contribution in [-0.2, 0) is 0 Å². The standard InChI is InChI=1S/C20H25N7O2/c21-20(28)29-16-4-1-3-15-18(16)26-19(25-15)14-5-6-17(24-13-14)23-9-12-27-10-2-7-22-8-11-27/h1,3-6,13,22H,2,7-12H2,(H2,21,28)(H,23,24)(H,25,26). The third-order valence-corrected chi connectivity index (χ3v) is 4.89. The van der Waals surface area contributed by atoms with Gasteiger partial charge in [0.15, 0.2) is 5.75 Å². The minimum atomic E-state index is -0.865. The van der Waals surface area contributed by atoms with Crippen LogP contribution in [0.1, 0.15) is 6.42 Å². The van der Waals surface area contributed by atoms with Gasteiger partial charge in [-0.3, -0.25) is 0 Å². The van der Waals surface area contributed by atoms with Crippen LogP contribution in [-0.4, -0.2) is 65.2 Å². The van der Waals surface area contributed by atoms with Crippen molar-refractivity contribution in [1.82, 2.24) is 25.2 Å². The number of nitrogens with zero attached hydrogens (tertiary/aromatic N) is 3. The molecular formula is C20H25N7O2. The molecule has 5 N–H and O–H groups in total. The van der Waals surface area contributed by atoms with Gasteiger partial charge in [-0.05, 0) is 43.8 Å². The number of nitrogens with two attached hydrogens (primary N) is 1. The second kappa shape index (κ2) is 8.89. The molecule has 9 nitrogen and oxygen atoms in total. The first-order valence-electron chi connectivity index (χ1n) is 9.78. The first-order valence-corrected chi connectivity index (χ1v) is 9.78. The molecule has 0 saturated carbocycles. The average Bonchev–Trinajstić information content (AvgIpc) is 2.99. The van der Waals surface area contributed by atoms with Crippen LogP contribution in [0.4, 0.5) is 10.6 Å². The molecule has 1 amide bonds. The Labute approximate surface area is 168 Å². The second-order valence-electron chi connectivity index (χ2n) is 6.96. The van der Waals surface area contributed by atoms with E-state index in [1.165, 1.54) is 6.42 Å². The van der Waals surface area contributed by atoms with Crippen LogP contribution in [0.2, 0.25) is 0 Å². The van der Waals surface area contributed by atoms with E-state index in [0.717, 1.165) is 56.2 Å². The normalized spacial score (nSPS) is 15.2. The minimum Gasteiger partial charge on any atom is -0.408 e. The number of nitrogens with one attached hydrogen (secondary N) is 3. The number of aromatic amines is 1. The van der Waals surface area contributed by atoms with Crippen molar-refractivity contribution in [1.29, 1.82) is 0 Å². The van der Waals surface area contributed by atoms with Gasteiger partial charge in [-0.2, -0.15) is 0 Å². The Morgan fingerprint density at radius 2 is 2.17 bits per heavy atom. The highest BCUT2D eigenvalue weighted by molar-refractivity contribution is 5.87. The number of para-hydroxylation sites is 1. The number of pyridine rings is 1. The topological polar surface area (TPSA) is 121 Å². The lowest BCUT2D eigenvalue weighted by atomic mass is 10.2. The highest BCUT2D eigenvalue weighted by Crippen LogP contribution is 2.27. The number of H-pyrrole nitrogens is 1. The maximum atomic E-state index is 11.1. The van der Waals surface area contributed by atoms with Gasteiger partial charge in [0.1, 0.15) is 17.2 Å². The molecule has 4 rings (SSSR count). The Morgan fingerprint density at radius 3 is 3.00 bits per heavy atom.